The van der Waals surface area contributed by atoms with Gasteiger partial charge in [0.1, 0.15) is 0 Å². The zero-order valence-electron chi connectivity index (χ0n) is 6.40. The van der Waals surface area contributed by atoms with Crippen molar-refractivity contribution in [3.63, 3.8) is 0 Å². The standard InChI is InChI=1S/C8H7ClF2O/c1-2-12-8-6(10)4-3-5(9)7(8)11/h3-4H,2H2,1H3. The van der Waals surface area contributed by atoms with Crippen molar-refractivity contribution >= 4 is 11.6 Å². The van der Waals surface area contributed by atoms with E-state index in [0.717, 1.165) is 12.1 Å². The van der Waals surface area contributed by atoms with Gasteiger partial charge < -0.3 is 4.74 Å². The molecule has 1 nitrogen and oxygen atoms in total. The molecule has 66 valence electrons. The predicted molar refractivity (Wildman–Crippen MR) is 42.5 cm³/mol. The molecule has 1 rings (SSSR count). The zero-order valence-corrected chi connectivity index (χ0v) is 7.16. The summed E-state index contributed by atoms with van der Waals surface area (Å²) in [6.07, 6.45) is 0. The monoisotopic (exact) mass is 192 g/mol. The van der Waals surface area contributed by atoms with Gasteiger partial charge in [-0.05, 0) is 19.1 Å². The van der Waals surface area contributed by atoms with Gasteiger partial charge in [0.15, 0.2) is 17.4 Å². The van der Waals surface area contributed by atoms with Crippen LogP contribution in [0.1, 0.15) is 6.92 Å². The fraction of sp³-hybridized carbons (Fsp3) is 0.250. The molecule has 0 amide bonds. The Balaban J connectivity index is 3.14. The van der Waals surface area contributed by atoms with Gasteiger partial charge in [-0.2, -0.15) is 0 Å². The van der Waals surface area contributed by atoms with E-state index in [1.54, 1.807) is 6.92 Å². The summed E-state index contributed by atoms with van der Waals surface area (Å²) < 4.78 is 30.5. The molecule has 0 N–H and O–H groups in total. The van der Waals surface area contributed by atoms with Crippen molar-refractivity contribution in [3.8, 4) is 5.75 Å². The molecule has 0 radical (unpaired) electrons. The number of hydrogen-bond acceptors (Lipinski definition) is 1. The van der Waals surface area contributed by atoms with E-state index >= 15 is 0 Å². The first-order valence-corrected chi connectivity index (χ1v) is 3.81. The summed E-state index contributed by atoms with van der Waals surface area (Å²) in [6, 6.07) is 2.21. The second-order valence-corrected chi connectivity index (χ2v) is 2.51. The van der Waals surface area contributed by atoms with Crippen LogP contribution in [0.2, 0.25) is 5.02 Å². The van der Waals surface area contributed by atoms with Gasteiger partial charge in [0.2, 0.25) is 0 Å². The third-order valence-electron chi connectivity index (χ3n) is 1.29. The Bertz CT molecular complexity index is 289. The maximum absolute atomic E-state index is 13.0. The van der Waals surface area contributed by atoms with E-state index < -0.39 is 17.4 Å². The van der Waals surface area contributed by atoms with Crippen LogP contribution in [0.4, 0.5) is 8.78 Å². The minimum absolute atomic E-state index is 0.139. The molecule has 0 saturated carbocycles. The average molecular weight is 193 g/mol. The molecule has 0 saturated heterocycles. The molecule has 0 aliphatic heterocycles. The molecule has 1 aromatic rings. The second-order valence-electron chi connectivity index (χ2n) is 2.11. The minimum Gasteiger partial charge on any atom is -0.488 e. The molecule has 0 atom stereocenters. The molecule has 4 heteroatoms. The number of ether oxygens (including phenoxy) is 1. The molecule has 0 aliphatic rings. The molecule has 0 aromatic heterocycles. The minimum atomic E-state index is -0.849. The van der Waals surface area contributed by atoms with E-state index in [0.29, 0.717) is 0 Å². The Hall–Kier alpha value is -0.830. The fourth-order valence-corrected chi connectivity index (χ4v) is 0.934. The highest BCUT2D eigenvalue weighted by molar-refractivity contribution is 6.30. The lowest BCUT2D eigenvalue weighted by atomic mass is 10.3. The predicted octanol–water partition coefficient (Wildman–Crippen LogP) is 3.02. The van der Waals surface area contributed by atoms with E-state index in [4.69, 9.17) is 16.3 Å². The lowest BCUT2D eigenvalue weighted by Crippen LogP contribution is -1.98. The topological polar surface area (TPSA) is 9.23 Å². The first kappa shape index (κ1) is 9.26. The van der Waals surface area contributed by atoms with Gasteiger partial charge in [0, 0.05) is 0 Å². The third-order valence-corrected chi connectivity index (χ3v) is 1.58. The SMILES string of the molecule is CCOc1c(F)ccc(Cl)c1F. The van der Waals surface area contributed by atoms with Crippen molar-refractivity contribution in [2.45, 2.75) is 6.92 Å². The van der Waals surface area contributed by atoms with Gasteiger partial charge in [-0.25, -0.2) is 8.78 Å². The Morgan fingerprint density at radius 1 is 1.42 bits per heavy atom. The molecule has 0 heterocycles. The fourth-order valence-electron chi connectivity index (χ4n) is 0.785. The molecule has 1 aromatic carbocycles. The molecule has 12 heavy (non-hydrogen) atoms. The first-order chi connectivity index (χ1) is 5.66. The van der Waals surface area contributed by atoms with Crippen LogP contribution in [0.5, 0.6) is 5.75 Å². The molecular weight excluding hydrogens is 186 g/mol. The van der Waals surface area contributed by atoms with Crippen LogP contribution in [-0.2, 0) is 0 Å². The van der Waals surface area contributed by atoms with Crippen LogP contribution in [0.15, 0.2) is 12.1 Å². The summed E-state index contributed by atoms with van der Waals surface area (Å²) in [5.41, 5.74) is 0. The lowest BCUT2D eigenvalue weighted by Gasteiger charge is -2.05. The third kappa shape index (κ3) is 1.67. The molecule has 0 fully saturated rings. The normalized spacial score (nSPS) is 10.0. The van der Waals surface area contributed by atoms with Crippen molar-refractivity contribution in [1.82, 2.24) is 0 Å². The summed E-state index contributed by atoms with van der Waals surface area (Å²) in [4.78, 5) is 0. The van der Waals surface area contributed by atoms with Crippen molar-refractivity contribution in [3.05, 3.63) is 28.8 Å². The van der Waals surface area contributed by atoms with Crippen LogP contribution in [-0.4, -0.2) is 6.61 Å². The number of halogens is 3. The summed E-state index contributed by atoms with van der Waals surface area (Å²) in [7, 11) is 0. The van der Waals surface area contributed by atoms with Gasteiger partial charge in [-0.15, -0.1) is 0 Å². The Morgan fingerprint density at radius 2 is 2.08 bits per heavy atom. The molecular formula is C8H7ClF2O. The molecule has 0 unspecified atom stereocenters. The van der Waals surface area contributed by atoms with Crippen molar-refractivity contribution < 1.29 is 13.5 Å². The van der Waals surface area contributed by atoms with Crippen LogP contribution in [0.25, 0.3) is 0 Å². The summed E-state index contributed by atoms with van der Waals surface area (Å²) in [5, 5.41) is -0.139. The Morgan fingerprint density at radius 3 is 2.67 bits per heavy atom. The highest BCUT2D eigenvalue weighted by Gasteiger charge is 2.12. The lowest BCUT2D eigenvalue weighted by molar-refractivity contribution is 0.303. The Kier molecular flexibility index (Phi) is 2.87. The summed E-state index contributed by atoms with van der Waals surface area (Å²) in [6.45, 7) is 1.84. The van der Waals surface area contributed by atoms with E-state index in [2.05, 4.69) is 0 Å². The number of benzene rings is 1. The number of hydrogen-bond donors (Lipinski definition) is 0. The molecule has 0 spiro atoms. The maximum atomic E-state index is 13.0. The van der Waals surface area contributed by atoms with E-state index in [-0.39, 0.29) is 11.6 Å². The van der Waals surface area contributed by atoms with Gasteiger partial charge in [-0.1, -0.05) is 11.6 Å². The zero-order chi connectivity index (χ0) is 9.14. The van der Waals surface area contributed by atoms with Gasteiger partial charge in [-0.3, -0.25) is 0 Å². The van der Waals surface area contributed by atoms with Gasteiger partial charge >= 0.3 is 0 Å². The van der Waals surface area contributed by atoms with Crippen LogP contribution < -0.4 is 4.74 Å². The van der Waals surface area contributed by atoms with E-state index in [1.165, 1.54) is 0 Å². The van der Waals surface area contributed by atoms with Crippen LogP contribution >= 0.6 is 11.6 Å². The largest absolute Gasteiger partial charge is 0.488 e. The first-order valence-electron chi connectivity index (χ1n) is 3.43. The Labute approximate surface area is 73.9 Å². The second kappa shape index (κ2) is 3.72. The quantitative estimate of drug-likeness (QED) is 0.655. The molecule has 0 aliphatic carbocycles. The number of rotatable bonds is 2. The maximum Gasteiger partial charge on any atom is 0.192 e. The average Bonchev–Trinajstić information content (AvgIpc) is 2.06. The smallest absolute Gasteiger partial charge is 0.192 e. The van der Waals surface area contributed by atoms with Crippen molar-refractivity contribution in [1.29, 1.82) is 0 Å². The highest BCUT2D eigenvalue weighted by Crippen LogP contribution is 2.27. The van der Waals surface area contributed by atoms with E-state index in [1.807, 2.05) is 0 Å². The van der Waals surface area contributed by atoms with E-state index in [9.17, 15) is 8.78 Å². The summed E-state index contributed by atoms with van der Waals surface area (Å²) >= 11 is 5.40. The van der Waals surface area contributed by atoms with Crippen LogP contribution in [0, 0.1) is 11.6 Å². The van der Waals surface area contributed by atoms with Crippen molar-refractivity contribution in [2.24, 2.45) is 0 Å². The molecule has 0 bridgehead atoms. The van der Waals surface area contributed by atoms with Gasteiger partial charge in [0.25, 0.3) is 0 Å². The van der Waals surface area contributed by atoms with Gasteiger partial charge in [0.05, 0.1) is 11.6 Å². The van der Waals surface area contributed by atoms with Crippen molar-refractivity contribution in [2.75, 3.05) is 6.61 Å². The summed E-state index contributed by atoms with van der Waals surface area (Å²) in [5.74, 6) is -2.00. The highest BCUT2D eigenvalue weighted by atomic mass is 35.5. The van der Waals surface area contributed by atoms with Crippen LogP contribution in [0.3, 0.4) is 0 Å².